The number of hydrogen-bond donors (Lipinski definition) is 1. The Bertz CT molecular complexity index is 762. The molecule has 0 aliphatic carbocycles. The van der Waals surface area contributed by atoms with Crippen molar-refractivity contribution in [3.8, 4) is 5.75 Å². The number of hydrogen-bond acceptors (Lipinski definition) is 3. The number of likely N-dealkylation sites (tertiary alicyclic amines) is 1. The van der Waals surface area contributed by atoms with Gasteiger partial charge in [0.05, 0.1) is 17.1 Å². The van der Waals surface area contributed by atoms with Gasteiger partial charge in [-0.05, 0) is 37.1 Å². The van der Waals surface area contributed by atoms with Crippen molar-refractivity contribution in [3.63, 3.8) is 0 Å². The van der Waals surface area contributed by atoms with Crippen molar-refractivity contribution >= 4 is 29.7 Å². The maximum atomic E-state index is 12.6. The molecule has 1 aliphatic rings. The van der Waals surface area contributed by atoms with Crippen molar-refractivity contribution in [1.29, 1.82) is 0 Å². The zero-order valence-electron chi connectivity index (χ0n) is 12.5. The number of amides is 1. The number of rotatable bonds is 3. The molecule has 1 aromatic heterocycles. The molecule has 1 unspecified atom stereocenters. The molecule has 6 heteroatoms. The molecule has 2 aromatic rings. The minimum absolute atomic E-state index is 0.0562. The number of ether oxygens (including phenoxy) is 1. The summed E-state index contributed by atoms with van der Waals surface area (Å²) in [7, 11) is 0. The van der Waals surface area contributed by atoms with Crippen LogP contribution in [-0.2, 0) is 0 Å². The Hall–Kier alpha value is -1.85. The summed E-state index contributed by atoms with van der Waals surface area (Å²) in [6.45, 7) is 1.25. The zero-order valence-corrected chi connectivity index (χ0v) is 14.1. The fourth-order valence-corrected chi connectivity index (χ4v) is 3.10. The van der Waals surface area contributed by atoms with E-state index in [2.05, 4.69) is 4.98 Å². The summed E-state index contributed by atoms with van der Waals surface area (Å²) in [5, 5.41) is 0.585. The number of H-pyrrole nitrogens is 1. The average Bonchev–Trinajstić information content (AvgIpc) is 2.57. The van der Waals surface area contributed by atoms with Gasteiger partial charge >= 0.3 is 0 Å². The molecule has 1 N–H and O–H groups in total. The number of nitrogens with one attached hydrogen (secondary N) is 1. The van der Waals surface area contributed by atoms with Gasteiger partial charge in [-0.1, -0.05) is 36.0 Å². The van der Waals surface area contributed by atoms with E-state index in [0.717, 1.165) is 12.8 Å². The van der Waals surface area contributed by atoms with Crippen LogP contribution in [0.25, 0.3) is 0 Å². The average molecular weight is 349 g/mol. The van der Waals surface area contributed by atoms with E-state index < -0.39 is 0 Å². The van der Waals surface area contributed by atoms with Gasteiger partial charge in [-0.25, -0.2) is 0 Å². The number of nitrogens with zero attached hydrogens (tertiary/aromatic N) is 1. The molecular weight excluding hydrogens is 332 g/mol. The Morgan fingerprint density at radius 2 is 2.13 bits per heavy atom. The summed E-state index contributed by atoms with van der Waals surface area (Å²) < 4.78 is 6.44. The van der Waals surface area contributed by atoms with Gasteiger partial charge in [-0.3, -0.25) is 4.79 Å². The van der Waals surface area contributed by atoms with Crippen LogP contribution in [0.5, 0.6) is 5.75 Å². The van der Waals surface area contributed by atoms with E-state index >= 15 is 0 Å². The molecule has 1 aliphatic heterocycles. The minimum Gasteiger partial charge on any atom is -0.487 e. The van der Waals surface area contributed by atoms with Crippen molar-refractivity contribution < 1.29 is 9.53 Å². The van der Waals surface area contributed by atoms with Gasteiger partial charge in [0, 0.05) is 12.7 Å². The lowest BCUT2D eigenvalue weighted by Gasteiger charge is -2.33. The number of pyridine rings is 1. The van der Waals surface area contributed by atoms with Crippen LogP contribution in [-0.4, -0.2) is 35.0 Å². The van der Waals surface area contributed by atoms with Gasteiger partial charge in [0.15, 0.2) is 0 Å². The van der Waals surface area contributed by atoms with Crippen molar-refractivity contribution in [1.82, 2.24) is 9.88 Å². The minimum atomic E-state index is -0.0612. The summed E-state index contributed by atoms with van der Waals surface area (Å²) >= 11 is 11.3. The van der Waals surface area contributed by atoms with Crippen LogP contribution in [0.15, 0.2) is 42.6 Å². The van der Waals surface area contributed by atoms with Crippen molar-refractivity contribution in [2.75, 3.05) is 13.1 Å². The molecule has 1 atom stereocenters. The lowest BCUT2D eigenvalue weighted by atomic mass is 10.1. The number of carbonyl (C=O) groups excluding carboxylic acids is 1. The van der Waals surface area contributed by atoms with E-state index in [-0.39, 0.29) is 12.0 Å². The van der Waals surface area contributed by atoms with Crippen LogP contribution in [0.3, 0.4) is 0 Å². The van der Waals surface area contributed by atoms with Crippen LogP contribution in [0.4, 0.5) is 0 Å². The Balaban J connectivity index is 1.71. The number of benzene rings is 1. The highest BCUT2D eigenvalue weighted by Gasteiger charge is 2.26. The van der Waals surface area contributed by atoms with Crippen LogP contribution < -0.4 is 4.74 Å². The van der Waals surface area contributed by atoms with Crippen LogP contribution in [0, 0.1) is 4.64 Å². The second-order valence-corrected chi connectivity index (χ2v) is 6.29. The molecule has 23 heavy (non-hydrogen) atoms. The van der Waals surface area contributed by atoms with E-state index in [9.17, 15) is 4.79 Å². The Kier molecular flexibility index (Phi) is 4.98. The van der Waals surface area contributed by atoms with Crippen molar-refractivity contribution in [3.05, 3.63) is 57.8 Å². The number of halogens is 1. The Labute approximate surface area is 145 Å². The topological polar surface area (TPSA) is 45.3 Å². The smallest absolute Gasteiger partial charge is 0.256 e. The second kappa shape index (κ2) is 7.15. The molecule has 3 rings (SSSR count). The van der Waals surface area contributed by atoms with E-state index in [0.29, 0.717) is 34.1 Å². The number of carbonyl (C=O) groups is 1. The first kappa shape index (κ1) is 16.0. The molecule has 1 amide bonds. The van der Waals surface area contributed by atoms with E-state index in [1.165, 1.54) is 0 Å². The summed E-state index contributed by atoms with van der Waals surface area (Å²) in [4.78, 5) is 17.3. The molecule has 1 saturated heterocycles. The molecule has 2 heterocycles. The predicted octanol–water partition coefficient (Wildman–Crippen LogP) is 4.08. The zero-order chi connectivity index (χ0) is 16.2. The SMILES string of the molecule is O=C(c1ccc[nH]c1=S)N1CCCC(Oc2ccccc2Cl)C1. The molecule has 1 aromatic carbocycles. The van der Waals surface area contributed by atoms with Gasteiger partial charge in [0.25, 0.3) is 5.91 Å². The maximum absolute atomic E-state index is 12.6. The number of para-hydroxylation sites is 1. The fourth-order valence-electron chi connectivity index (χ4n) is 2.70. The van der Waals surface area contributed by atoms with Crippen LogP contribution >= 0.6 is 23.8 Å². The lowest BCUT2D eigenvalue weighted by Crippen LogP contribution is -2.44. The quantitative estimate of drug-likeness (QED) is 0.850. The van der Waals surface area contributed by atoms with Crippen LogP contribution in [0.1, 0.15) is 23.2 Å². The first-order chi connectivity index (χ1) is 11.1. The third kappa shape index (κ3) is 3.74. The fraction of sp³-hybridized carbons (Fsp3) is 0.294. The standard InChI is InChI=1S/C17H17ClN2O2S/c18-14-7-1-2-8-15(14)22-12-5-4-10-20(11-12)17(21)13-6-3-9-19-16(13)23/h1-3,6-9,12H,4-5,10-11H2,(H,19,23). The third-order valence-electron chi connectivity index (χ3n) is 3.84. The Morgan fingerprint density at radius 1 is 1.30 bits per heavy atom. The highest BCUT2D eigenvalue weighted by molar-refractivity contribution is 7.71. The highest BCUT2D eigenvalue weighted by Crippen LogP contribution is 2.26. The second-order valence-electron chi connectivity index (χ2n) is 5.48. The number of piperidine rings is 1. The van der Waals surface area contributed by atoms with Gasteiger partial charge in [-0.2, -0.15) is 0 Å². The van der Waals surface area contributed by atoms with Gasteiger partial charge < -0.3 is 14.6 Å². The van der Waals surface area contributed by atoms with Gasteiger partial charge in [-0.15, -0.1) is 0 Å². The summed E-state index contributed by atoms with van der Waals surface area (Å²) in [5.74, 6) is 0.602. The first-order valence-corrected chi connectivity index (χ1v) is 8.32. The van der Waals surface area contributed by atoms with Gasteiger partial charge in [0.2, 0.25) is 0 Å². The summed E-state index contributed by atoms with van der Waals surface area (Å²) in [5.41, 5.74) is 0.529. The Morgan fingerprint density at radius 3 is 2.91 bits per heavy atom. The molecule has 1 fully saturated rings. The molecule has 120 valence electrons. The van der Waals surface area contributed by atoms with Gasteiger partial charge in [0.1, 0.15) is 16.5 Å². The van der Waals surface area contributed by atoms with E-state index in [1.807, 2.05) is 18.2 Å². The van der Waals surface area contributed by atoms with Crippen molar-refractivity contribution in [2.24, 2.45) is 0 Å². The number of aromatic amines is 1. The van der Waals surface area contributed by atoms with Crippen molar-refractivity contribution in [2.45, 2.75) is 18.9 Å². The lowest BCUT2D eigenvalue weighted by molar-refractivity contribution is 0.0537. The summed E-state index contributed by atoms with van der Waals surface area (Å²) in [6.07, 6.45) is 3.45. The molecular formula is C17H17ClN2O2S. The molecule has 0 radical (unpaired) electrons. The highest BCUT2D eigenvalue weighted by atomic mass is 35.5. The maximum Gasteiger partial charge on any atom is 0.256 e. The molecule has 4 nitrogen and oxygen atoms in total. The third-order valence-corrected chi connectivity index (χ3v) is 4.49. The largest absolute Gasteiger partial charge is 0.487 e. The molecule has 0 spiro atoms. The monoisotopic (exact) mass is 348 g/mol. The predicted molar refractivity (Wildman–Crippen MR) is 92.6 cm³/mol. The molecule has 0 bridgehead atoms. The summed E-state index contributed by atoms with van der Waals surface area (Å²) in [6, 6.07) is 10.9. The van der Waals surface area contributed by atoms with E-state index in [1.54, 1.807) is 29.3 Å². The normalized spacial score (nSPS) is 17.8. The number of aromatic nitrogens is 1. The van der Waals surface area contributed by atoms with Crippen LogP contribution in [0.2, 0.25) is 5.02 Å². The van der Waals surface area contributed by atoms with E-state index in [4.69, 9.17) is 28.6 Å². The molecule has 0 saturated carbocycles. The first-order valence-electron chi connectivity index (χ1n) is 7.53.